The monoisotopic (exact) mass is 510 g/mol. The molecule has 0 saturated heterocycles. The Morgan fingerprint density at radius 3 is 2.51 bits per heavy atom. The maximum atomic E-state index is 5.03. The molecule has 2 atom stereocenters. The number of nitrogens with zero attached hydrogens (tertiary/aromatic N) is 5. The number of benzene rings is 2. The van der Waals surface area contributed by atoms with Gasteiger partial charge in [-0.3, -0.25) is 9.38 Å². The minimum atomic E-state index is 0.480. The molecular formula is C33H30N6. The van der Waals surface area contributed by atoms with E-state index in [4.69, 9.17) is 15.0 Å². The summed E-state index contributed by atoms with van der Waals surface area (Å²) in [5.41, 5.74) is 8.55. The van der Waals surface area contributed by atoms with E-state index < -0.39 is 0 Å². The SMILES string of the molecule is Cc1nc(-c2ccc(CC3CCC(c4ncc(-c5ccccn5)[nH]4)C3)cc2)c(-c2ccccc2)c2nccn12. The summed E-state index contributed by atoms with van der Waals surface area (Å²) >= 11 is 0. The van der Waals surface area contributed by atoms with Crippen molar-refractivity contribution in [2.24, 2.45) is 5.92 Å². The summed E-state index contributed by atoms with van der Waals surface area (Å²) in [7, 11) is 0. The molecule has 0 spiro atoms. The van der Waals surface area contributed by atoms with Gasteiger partial charge in [0, 0.05) is 30.1 Å². The average molecular weight is 511 g/mol. The zero-order valence-corrected chi connectivity index (χ0v) is 22.0. The fraction of sp³-hybridized carbons (Fsp3) is 0.212. The maximum absolute atomic E-state index is 5.03. The highest BCUT2D eigenvalue weighted by molar-refractivity contribution is 5.90. The summed E-state index contributed by atoms with van der Waals surface area (Å²) in [5, 5.41) is 0. The van der Waals surface area contributed by atoms with Crippen molar-refractivity contribution in [3.63, 3.8) is 0 Å². The fourth-order valence-corrected chi connectivity index (χ4v) is 6.04. The van der Waals surface area contributed by atoms with Crippen molar-refractivity contribution in [3.05, 3.63) is 115 Å². The minimum absolute atomic E-state index is 0.480. The van der Waals surface area contributed by atoms with Gasteiger partial charge in [-0.15, -0.1) is 0 Å². The summed E-state index contributed by atoms with van der Waals surface area (Å²) < 4.78 is 2.06. The van der Waals surface area contributed by atoms with E-state index in [-0.39, 0.29) is 0 Å². The van der Waals surface area contributed by atoms with Crippen molar-refractivity contribution in [3.8, 4) is 33.8 Å². The summed E-state index contributed by atoms with van der Waals surface area (Å²) in [6.45, 7) is 2.04. The number of hydrogen-bond donors (Lipinski definition) is 1. The van der Waals surface area contributed by atoms with Crippen LogP contribution in [0, 0.1) is 12.8 Å². The lowest BCUT2D eigenvalue weighted by atomic mass is 9.94. The highest BCUT2D eigenvalue weighted by atomic mass is 15.1. The average Bonchev–Trinajstić information content (AvgIpc) is 3.76. The fourth-order valence-electron chi connectivity index (χ4n) is 6.04. The van der Waals surface area contributed by atoms with E-state index in [1.165, 1.54) is 18.4 Å². The van der Waals surface area contributed by atoms with Crippen LogP contribution in [0.1, 0.15) is 42.4 Å². The second-order valence-electron chi connectivity index (χ2n) is 10.5. The third kappa shape index (κ3) is 4.52. The van der Waals surface area contributed by atoms with Crippen LogP contribution in [0.25, 0.3) is 39.4 Å². The van der Waals surface area contributed by atoms with Gasteiger partial charge in [0.1, 0.15) is 17.3 Å². The second kappa shape index (κ2) is 9.95. The van der Waals surface area contributed by atoms with Crippen molar-refractivity contribution in [1.29, 1.82) is 0 Å². The molecule has 0 aliphatic heterocycles. The lowest BCUT2D eigenvalue weighted by Crippen LogP contribution is -2.02. The Kier molecular flexibility index (Phi) is 6.00. The van der Waals surface area contributed by atoms with E-state index in [1.807, 2.05) is 56.0 Å². The first-order valence-electron chi connectivity index (χ1n) is 13.7. The van der Waals surface area contributed by atoms with Gasteiger partial charge in [0.05, 0.1) is 28.8 Å². The quantitative estimate of drug-likeness (QED) is 0.255. The summed E-state index contributed by atoms with van der Waals surface area (Å²) in [5.74, 6) is 3.17. The Bertz CT molecular complexity index is 1720. The number of aromatic nitrogens is 6. The Morgan fingerprint density at radius 2 is 1.69 bits per heavy atom. The predicted molar refractivity (Wildman–Crippen MR) is 154 cm³/mol. The third-order valence-corrected chi connectivity index (χ3v) is 8.00. The molecule has 1 aliphatic carbocycles. The third-order valence-electron chi connectivity index (χ3n) is 8.00. The van der Waals surface area contributed by atoms with Crippen LogP contribution in [0.4, 0.5) is 0 Å². The smallest absolute Gasteiger partial charge is 0.148 e. The van der Waals surface area contributed by atoms with Gasteiger partial charge in [0.2, 0.25) is 0 Å². The molecule has 0 amide bonds. The number of hydrogen-bond acceptors (Lipinski definition) is 4. The Morgan fingerprint density at radius 1 is 0.846 bits per heavy atom. The van der Waals surface area contributed by atoms with Gasteiger partial charge < -0.3 is 4.98 Å². The second-order valence-corrected chi connectivity index (χ2v) is 10.5. The van der Waals surface area contributed by atoms with E-state index in [0.717, 1.165) is 63.9 Å². The lowest BCUT2D eigenvalue weighted by Gasteiger charge is -2.14. The molecule has 1 fully saturated rings. The standard InChI is InChI=1S/C33H30N6/c1-22-37-31(30(25-7-3-2-4-8-25)33-35-17-18-39(22)33)26-13-10-23(11-14-26)19-24-12-15-27(20-24)32-36-21-29(38-32)28-9-5-6-16-34-28/h2-11,13-14,16-18,21,24,27H,12,15,19-20H2,1H3,(H,36,38). The highest BCUT2D eigenvalue weighted by Crippen LogP contribution is 2.40. The predicted octanol–water partition coefficient (Wildman–Crippen LogP) is 7.28. The molecule has 2 unspecified atom stereocenters. The number of nitrogens with one attached hydrogen (secondary N) is 1. The number of imidazole rings is 2. The van der Waals surface area contributed by atoms with Crippen LogP contribution in [0.2, 0.25) is 0 Å². The van der Waals surface area contributed by atoms with Crippen LogP contribution in [-0.2, 0) is 6.42 Å². The van der Waals surface area contributed by atoms with Crippen molar-refractivity contribution >= 4 is 5.65 Å². The molecule has 0 radical (unpaired) electrons. The van der Waals surface area contributed by atoms with Gasteiger partial charge in [0.15, 0.2) is 0 Å². The molecule has 1 aliphatic rings. The van der Waals surface area contributed by atoms with Gasteiger partial charge in [0.25, 0.3) is 0 Å². The van der Waals surface area contributed by atoms with Gasteiger partial charge in [-0.1, -0.05) is 60.7 Å². The molecule has 6 heteroatoms. The molecule has 6 aromatic rings. The molecule has 4 heterocycles. The Labute approximate surface area is 227 Å². The van der Waals surface area contributed by atoms with Crippen LogP contribution in [0.5, 0.6) is 0 Å². The van der Waals surface area contributed by atoms with Crippen LogP contribution in [-0.4, -0.2) is 29.3 Å². The number of aryl methyl sites for hydroxylation is 1. The molecule has 1 N–H and O–H groups in total. The topological polar surface area (TPSA) is 71.8 Å². The van der Waals surface area contributed by atoms with E-state index in [2.05, 4.69) is 62.9 Å². The molecule has 4 aromatic heterocycles. The van der Waals surface area contributed by atoms with Crippen molar-refractivity contribution < 1.29 is 0 Å². The van der Waals surface area contributed by atoms with Crippen LogP contribution < -0.4 is 0 Å². The largest absolute Gasteiger partial charge is 0.341 e. The zero-order valence-electron chi connectivity index (χ0n) is 22.0. The molecule has 1 saturated carbocycles. The molecule has 2 aromatic carbocycles. The Hall–Kier alpha value is -4.58. The van der Waals surface area contributed by atoms with E-state index in [0.29, 0.717) is 11.8 Å². The molecular weight excluding hydrogens is 480 g/mol. The minimum Gasteiger partial charge on any atom is -0.341 e. The number of pyridine rings is 1. The van der Waals surface area contributed by atoms with E-state index >= 15 is 0 Å². The molecule has 0 bridgehead atoms. The number of fused-ring (bicyclic) bond motifs is 1. The lowest BCUT2D eigenvalue weighted by molar-refractivity contribution is 0.532. The molecule has 192 valence electrons. The van der Waals surface area contributed by atoms with Crippen molar-refractivity contribution in [2.45, 2.75) is 38.5 Å². The highest BCUT2D eigenvalue weighted by Gasteiger charge is 2.28. The summed E-state index contributed by atoms with van der Waals surface area (Å²) in [6.07, 6.45) is 12.2. The van der Waals surface area contributed by atoms with Gasteiger partial charge in [-0.2, -0.15) is 0 Å². The summed E-state index contributed by atoms with van der Waals surface area (Å²) in [6, 6.07) is 25.4. The molecule has 7 rings (SSSR count). The molecule has 39 heavy (non-hydrogen) atoms. The van der Waals surface area contributed by atoms with E-state index in [1.54, 1.807) is 0 Å². The van der Waals surface area contributed by atoms with Crippen molar-refractivity contribution in [1.82, 2.24) is 29.3 Å². The van der Waals surface area contributed by atoms with Gasteiger partial charge in [-0.05, 0) is 61.8 Å². The van der Waals surface area contributed by atoms with Crippen LogP contribution in [0.15, 0.2) is 97.6 Å². The number of H-pyrrole nitrogens is 1. The maximum Gasteiger partial charge on any atom is 0.148 e. The first kappa shape index (κ1) is 23.5. The first-order valence-corrected chi connectivity index (χ1v) is 13.7. The van der Waals surface area contributed by atoms with Crippen LogP contribution >= 0.6 is 0 Å². The number of aromatic amines is 1. The Balaban J connectivity index is 1.10. The number of rotatable bonds is 6. The van der Waals surface area contributed by atoms with E-state index in [9.17, 15) is 0 Å². The molecule has 6 nitrogen and oxygen atoms in total. The van der Waals surface area contributed by atoms with Crippen molar-refractivity contribution in [2.75, 3.05) is 0 Å². The summed E-state index contributed by atoms with van der Waals surface area (Å²) in [4.78, 5) is 22.4. The normalized spacial score (nSPS) is 17.2. The zero-order chi connectivity index (χ0) is 26.2. The van der Waals surface area contributed by atoms with Gasteiger partial charge in [-0.25, -0.2) is 15.0 Å². The van der Waals surface area contributed by atoms with Gasteiger partial charge >= 0.3 is 0 Å². The first-order chi connectivity index (χ1) is 19.2. The van der Waals surface area contributed by atoms with Crippen LogP contribution in [0.3, 0.4) is 0 Å².